The number of hydrogen-bond donors (Lipinski definition) is 1. The molecule has 0 aromatic heterocycles. The number of para-hydroxylation sites is 1. The molecule has 0 atom stereocenters. The van der Waals surface area contributed by atoms with Crippen LogP contribution in [0.25, 0.3) is 0 Å². The van der Waals surface area contributed by atoms with E-state index >= 15 is 0 Å². The minimum absolute atomic E-state index is 0.723. The minimum Gasteiger partial charge on any atom is -0.384 e. The van der Waals surface area contributed by atoms with E-state index in [1.807, 2.05) is 36.0 Å². The number of nitrogens with one attached hydrogen (secondary N) is 1. The van der Waals surface area contributed by atoms with Gasteiger partial charge in [-0.1, -0.05) is 19.1 Å². The Kier molecular flexibility index (Phi) is 5.72. The molecule has 1 aromatic carbocycles. The number of benzene rings is 1. The molecule has 0 amide bonds. The van der Waals surface area contributed by atoms with Crippen molar-refractivity contribution >= 4 is 17.4 Å². The van der Waals surface area contributed by atoms with Gasteiger partial charge in [0.15, 0.2) is 0 Å². The van der Waals surface area contributed by atoms with Crippen LogP contribution in [0.1, 0.15) is 18.9 Å². The van der Waals surface area contributed by atoms with Crippen molar-refractivity contribution in [1.82, 2.24) is 0 Å². The first-order valence-corrected chi connectivity index (χ1v) is 6.34. The molecule has 0 aliphatic heterocycles. The molecular formula is C12H16N2S. The van der Waals surface area contributed by atoms with Gasteiger partial charge in [0.25, 0.3) is 0 Å². The van der Waals surface area contributed by atoms with Crippen molar-refractivity contribution in [3.8, 4) is 6.07 Å². The first kappa shape index (κ1) is 11.9. The molecule has 0 aliphatic rings. The van der Waals surface area contributed by atoms with Crippen LogP contribution in [0.3, 0.4) is 0 Å². The molecule has 80 valence electrons. The van der Waals surface area contributed by atoms with E-state index in [0.29, 0.717) is 0 Å². The molecule has 0 saturated carbocycles. The van der Waals surface area contributed by atoms with Gasteiger partial charge in [-0.05, 0) is 30.1 Å². The fourth-order valence-electron chi connectivity index (χ4n) is 1.28. The van der Waals surface area contributed by atoms with E-state index in [9.17, 15) is 0 Å². The lowest BCUT2D eigenvalue weighted by atomic mass is 10.2. The Labute approximate surface area is 95.7 Å². The number of nitrogens with zero attached hydrogens (tertiary/aromatic N) is 1. The van der Waals surface area contributed by atoms with Gasteiger partial charge in [0.05, 0.1) is 11.3 Å². The van der Waals surface area contributed by atoms with Crippen molar-refractivity contribution < 1.29 is 0 Å². The summed E-state index contributed by atoms with van der Waals surface area (Å²) in [6.07, 6.45) is 1.14. The van der Waals surface area contributed by atoms with E-state index in [-0.39, 0.29) is 0 Å². The Morgan fingerprint density at radius 3 is 2.93 bits per heavy atom. The van der Waals surface area contributed by atoms with E-state index < -0.39 is 0 Å². The third-order valence-electron chi connectivity index (χ3n) is 2.03. The van der Waals surface area contributed by atoms with Crippen molar-refractivity contribution in [2.24, 2.45) is 0 Å². The average molecular weight is 220 g/mol. The highest BCUT2D eigenvalue weighted by Gasteiger charge is 1.98. The summed E-state index contributed by atoms with van der Waals surface area (Å²) >= 11 is 1.95. The van der Waals surface area contributed by atoms with Gasteiger partial charge in [0.1, 0.15) is 6.07 Å². The summed E-state index contributed by atoms with van der Waals surface area (Å²) in [7, 11) is 0. The zero-order valence-electron chi connectivity index (χ0n) is 8.99. The zero-order chi connectivity index (χ0) is 10.9. The molecule has 0 radical (unpaired) electrons. The summed E-state index contributed by atoms with van der Waals surface area (Å²) in [6.45, 7) is 3.11. The van der Waals surface area contributed by atoms with Crippen LogP contribution in [0, 0.1) is 11.3 Å². The molecule has 1 N–H and O–H groups in total. The van der Waals surface area contributed by atoms with E-state index in [1.165, 1.54) is 11.5 Å². The second kappa shape index (κ2) is 7.19. The second-order valence-corrected chi connectivity index (χ2v) is 4.53. The van der Waals surface area contributed by atoms with Gasteiger partial charge >= 0.3 is 0 Å². The summed E-state index contributed by atoms with van der Waals surface area (Å²) < 4.78 is 0. The number of rotatable bonds is 6. The summed E-state index contributed by atoms with van der Waals surface area (Å²) in [5.41, 5.74) is 1.67. The van der Waals surface area contributed by atoms with Crippen LogP contribution >= 0.6 is 11.8 Å². The Hall–Kier alpha value is -1.14. The molecule has 0 heterocycles. The van der Waals surface area contributed by atoms with Gasteiger partial charge in [-0.2, -0.15) is 17.0 Å². The van der Waals surface area contributed by atoms with Gasteiger partial charge in [-0.25, -0.2) is 0 Å². The van der Waals surface area contributed by atoms with Gasteiger partial charge in [-0.15, -0.1) is 0 Å². The average Bonchev–Trinajstić information content (AvgIpc) is 2.29. The Bertz CT molecular complexity index is 331. The van der Waals surface area contributed by atoms with Crippen LogP contribution in [-0.2, 0) is 0 Å². The van der Waals surface area contributed by atoms with Crippen LogP contribution in [-0.4, -0.2) is 18.1 Å². The quantitative estimate of drug-likeness (QED) is 0.748. The number of thioether (sulfide) groups is 1. The maximum absolute atomic E-state index is 8.87. The zero-order valence-corrected chi connectivity index (χ0v) is 9.81. The van der Waals surface area contributed by atoms with Crippen LogP contribution in [0.2, 0.25) is 0 Å². The van der Waals surface area contributed by atoms with Gasteiger partial charge in [0, 0.05) is 6.54 Å². The Morgan fingerprint density at radius 2 is 2.20 bits per heavy atom. The standard InChI is InChI=1S/C12H16N2S/c1-2-15-9-5-8-14-12-7-4-3-6-11(12)10-13/h3-4,6-7,14H,2,5,8-9H2,1H3. The number of hydrogen-bond acceptors (Lipinski definition) is 3. The van der Waals surface area contributed by atoms with Crippen LogP contribution in [0.5, 0.6) is 0 Å². The predicted molar refractivity (Wildman–Crippen MR) is 67.3 cm³/mol. The van der Waals surface area contributed by atoms with E-state index in [2.05, 4.69) is 18.3 Å². The minimum atomic E-state index is 0.723. The van der Waals surface area contributed by atoms with Crippen LogP contribution < -0.4 is 5.32 Å². The maximum atomic E-state index is 8.87. The summed E-state index contributed by atoms with van der Waals surface area (Å²) in [5.74, 6) is 2.35. The predicted octanol–water partition coefficient (Wildman–Crippen LogP) is 3.11. The van der Waals surface area contributed by atoms with Crippen molar-refractivity contribution in [1.29, 1.82) is 5.26 Å². The normalized spacial score (nSPS) is 9.60. The second-order valence-electron chi connectivity index (χ2n) is 3.13. The van der Waals surface area contributed by atoms with Crippen molar-refractivity contribution in [3.05, 3.63) is 29.8 Å². The van der Waals surface area contributed by atoms with Crippen LogP contribution in [0.4, 0.5) is 5.69 Å². The summed E-state index contributed by atoms with van der Waals surface area (Å²) in [5, 5.41) is 12.2. The largest absolute Gasteiger partial charge is 0.384 e. The topological polar surface area (TPSA) is 35.8 Å². The molecule has 0 aliphatic carbocycles. The monoisotopic (exact) mass is 220 g/mol. The molecule has 0 saturated heterocycles. The fourth-order valence-corrected chi connectivity index (χ4v) is 1.91. The maximum Gasteiger partial charge on any atom is 0.101 e. The molecule has 1 aromatic rings. The van der Waals surface area contributed by atoms with Crippen molar-refractivity contribution in [2.75, 3.05) is 23.4 Å². The third kappa shape index (κ3) is 4.26. The van der Waals surface area contributed by atoms with Gasteiger partial charge < -0.3 is 5.32 Å². The highest BCUT2D eigenvalue weighted by molar-refractivity contribution is 7.99. The van der Waals surface area contributed by atoms with Crippen molar-refractivity contribution in [3.63, 3.8) is 0 Å². The van der Waals surface area contributed by atoms with E-state index in [1.54, 1.807) is 0 Å². The molecule has 0 bridgehead atoms. The highest BCUT2D eigenvalue weighted by Crippen LogP contribution is 2.13. The Balaban J connectivity index is 2.34. The summed E-state index contributed by atoms with van der Waals surface area (Å²) in [6, 6.07) is 9.80. The Morgan fingerprint density at radius 1 is 1.40 bits per heavy atom. The smallest absolute Gasteiger partial charge is 0.101 e. The lowest BCUT2D eigenvalue weighted by molar-refractivity contribution is 0.991. The lowest BCUT2D eigenvalue weighted by Gasteiger charge is -2.07. The van der Waals surface area contributed by atoms with Gasteiger partial charge in [-0.3, -0.25) is 0 Å². The molecule has 3 heteroatoms. The lowest BCUT2D eigenvalue weighted by Crippen LogP contribution is -2.04. The van der Waals surface area contributed by atoms with Crippen molar-refractivity contribution in [2.45, 2.75) is 13.3 Å². The number of nitriles is 1. The molecular weight excluding hydrogens is 204 g/mol. The fraction of sp³-hybridized carbons (Fsp3) is 0.417. The van der Waals surface area contributed by atoms with Gasteiger partial charge in [0.2, 0.25) is 0 Å². The van der Waals surface area contributed by atoms with Crippen LogP contribution in [0.15, 0.2) is 24.3 Å². The molecule has 2 nitrogen and oxygen atoms in total. The molecule has 0 spiro atoms. The molecule has 0 fully saturated rings. The third-order valence-corrected chi connectivity index (χ3v) is 3.02. The highest BCUT2D eigenvalue weighted by atomic mass is 32.2. The summed E-state index contributed by atoms with van der Waals surface area (Å²) in [4.78, 5) is 0. The SMILES string of the molecule is CCSCCCNc1ccccc1C#N. The molecule has 1 rings (SSSR count). The van der Waals surface area contributed by atoms with E-state index in [4.69, 9.17) is 5.26 Å². The molecule has 0 unspecified atom stereocenters. The molecule has 15 heavy (non-hydrogen) atoms. The van der Waals surface area contributed by atoms with E-state index in [0.717, 1.165) is 24.2 Å². The first-order chi connectivity index (χ1) is 7.38. The first-order valence-electron chi connectivity index (χ1n) is 5.19. The number of anilines is 1.